The number of para-hydroxylation sites is 1. The first-order valence-electron chi connectivity index (χ1n) is 7.72. The number of nitriles is 1. The lowest BCUT2D eigenvalue weighted by Gasteiger charge is -2.19. The third kappa shape index (κ3) is 5.81. The van der Waals surface area contributed by atoms with Crippen LogP contribution in [0.1, 0.15) is 11.1 Å². The lowest BCUT2D eigenvalue weighted by atomic mass is 10.2. The third-order valence-corrected chi connectivity index (χ3v) is 3.49. The van der Waals surface area contributed by atoms with E-state index in [0.29, 0.717) is 5.56 Å². The van der Waals surface area contributed by atoms with Gasteiger partial charge >= 0.3 is 12.2 Å². The molecule has 0 fully saturated rings. The number of aromatic hydroxyl groups is 1. The van der Waals surface area contributed by atoms with Gasteiger partial charge in [0, 0.05) is 18.3 Å². The number of urea groups is 1. The highest BCUT2D eigenvalue weighted by atomic mass is 19.4. The minimum Gasteiger partial charge on any atom is -0.508 e. The number of hydrogen-bond acceptors (Lipinski definition) is 4. The van der Waals surface area contributed by atoms with Gasteiger partial charge in [0.1, 0.15) is 17.6 Å². The Kier molecular flexibility index (Phi) is 6.13. The van der Waals surface area contributed by atoms with Crippen LogP contribution < -0.4 is 10.1 Å². The summed E-state index contributed by atoms with van der Waals surface area (Å²) in [5, 5.41) is 21.4. The van der Waals surface area contributed by atoms with E-state index in [0.717, 1.165) is 0 Å². The lowest BCUT2D eigenvalue weighted by Crippen LogP contribution is -2.30. The number of carbonyl (C=O) groups is 1. The molecule has 0 atom stereocenters. The molecule has 0 aliphatic heterocycles. The molecule has 2 rings (SSSR count). The zero-order valence-electron chi connectivity index (χ0n) is 14.2. The van der Waals surface area contributed by atoms with Gasteiger partial charge in [-0.05, 0) is 24.3 Å². The van der Waals surface area contributed by atoms with Crippen molar-refractivity contribution in [2.24, 2.45) is 0 Å². The smallest absolute Gasteiger partial charge is 0.422 e. The minimum atomic E-state index is -4.52. The van der Waals surface area contributed by atoms with Crippen LogP contribution in [0.4, 0.5) is 23.7 Å². The maximum Gasteiger partial charge on any atom is 0.422 e. The van der Waals surface area contributed by atoms with Gasteiger partial charge in [-0.25, -0.2) is 4.79 Å². The molecule has 0 radical (unpaired) electrons. The zero-order valence-corrected chi connectivity index (χ0v) is 14.2. The number of amides is 2. The summed E-state index contributed by atoms with van der Waals surface area (Å²) >= 11 is 0. The van der Waals surface area contributed by atoms with E-state index >= 15 is 0 Å². The van der Waals surface area contributed by atoms with Gasteiger partial charge in [0.2, 0.25) is 0 Å². The highest BCUT2D eigenvalue weighted by Gasteiger charge is 2.29. The van der Waals surface area contributed by atoms with Gasteiger partial charge in [-0.15, -0.1) is 0 Å². The van der Waals surface area contributed by atoms with Gasteiger partial charge in [-0.1, -0.05) is 18.2 Å². The van der Waals surface area contributed by atoms with Gasteiger partial charge in [0.15, 0.2) is 6.61 Å². The summed E-state index contributed by atoms with van der Waals surface area (Å²) in [6, 6.07) is 11.5. The molecule has 0 aliphatic rings. The normalized spacial score (nSPS) is 10.8. The van der Waals surface area contributed by atoms with Crippen molar-refractivity contribution in [1.29, 1.82) is 5.26 Å². The summed E-state index contributed by atoms with van der Waals surface area (Å²) in [6.07, 6.45) is -4.52. The molecule has 0 aromatic heterocycles. The standard InChI is InChI=1S/C18H16F3N3O3/c1-24(10-12-4-2-3-5-15(12)25)17(26)23-14-6-7-16(13(8-14)9-22)27-11-18(19,20)21/h2-8,25H,10-11H2,1H3,(H,23,26). The topological polar surface area (TPSA) is 85.6 Å². The fourth-order valence-electron chi connectivity index (χ4n) is 2.17. The Morgan fingerprint density at radius 1 is 1.30 bits per heavy atom. The number of hydrogen-bond donors (Lipinski definition) is 2. The quantitative estimate of drug-likeness (QED) is 0.826. The maximum atomic E-state index is 12.2. The predicted molar refractivity (Wildman–Crippen MR) is 91.3 cm³/mol. The van der Waals surface area contributed by atoms with Crippen molar-refractivity contribution in [3.63, 3.8) is 0 Å². The van der Waals surface area contributed by atoms with E-state index in [1.54, 1.807) is 24.3 Å². The summed E-state index contributed by atoms with van der Waals surface area (Å²) in [5.74, 6) is -0.175. The monoisotopic (exact) mass is 379 g/mol. The molecule has 6 nitrogen and oxygen atoms in total. The molecule has 2 N–H and O–H groups in total. The predicted octanol–water partition coefficient (Wildman–Crippen LogP) is 3.87. The summed E-state index contributed by atoms with van der Waals surface area (Å²) < 4.78 is 41.3. The van der Waals surface area contributed by atoms with Crippen molar-refractivity contribution in [2.75, 3.05) is 19.0 Å². The van der Waals surface area contributed by atoms with Crippen LogP contribution in [0.15, 0.2) is 42.5 Å². The summed E-state index contributed by atoms with van der Waals surface area (Å²) in [7, 11) is 1.51. The number of carbonyl (C=O) groups excluding carboxylic acids is 1. The van der Waals surface area contributed by atoms with Gasteiger partial charge in [-0.2, -0.15) is 18.4 Å². The molecule has 0 bridgehead atoms. The molecule has 2 amide bonds. The van der Waals surface area contributed by atoms with Crippen molar-refractivity contribution in [3.8, 4) is 17.6 Å². The summed E-state index contributed by atoms with van der Waals surface area (Å²) in [5.41, 5.74) is 0.629. The molecular formula is C18H16F3N3O3. The first kappa shape index (κ1) is 19.9. The Morgan fingerprint density at radius 3 is 2.63 bits per heavy atom. The van der Waals surface area contributed by atoms with E-state index in [4.69, 9.17) is 5.26 Å². The third-order valence-electron chi connectivity index (χ3n) is 3.49. The molecule has 2 aromatic carbocycles. The van der Waals surface area contributed by atoms with Crippen LogP contribution in [-0.2, 0) is 6.54 Å². The Bertz CT molecular complexity index is 863. The number of anilines is 1. The number of phenols is 1. The van der Waals surface area contributed by atoms with E-state index in [2.05, 4.69) is 10.1 Å². The van der Waals surface area contributed by atoms with Crippen LogP contribution in [0.2, 0.25) is 0 Å². The van der Waals surface area contributed by atoms with Crippen molar-refractivity contribution in [2.45, 2.75) is 12.7 Å². The lowest BCUT2D eigenvalue weighted by molar-refractivity contribution is -0.153. The average Bonchev–Trinajstić information content (AvgIpc) is 2.61. The van der Waals surface area contributed by atoms with Crippen LogP contribution >= 0.6 is 0 Å². The van der Waals surface area contributed by atoms with Crippen LogP contribution in [0.25, 0.3) is 0 Å². The second-order valence-electron chi connectivity index (χ2n) is 5.64. The number of ether oxygens (including phenoxy) is 1. The number of halogens is 3. The minimum absolute atomic E-state index is 0.0510. The zero-order chi connectivity index (χ0) is 20.0. The largest absolute Gasteiger partial charge is 0.508 e. The van der Waals surface area contributed by atoms with E-state index in [-0.39, 0.29) is 29.3 Å². The molecule has 142 valence electrons. The van der Waals surface area contributed by atoms with Crippen LogP contribution in [0, 0.1) is 11.3 Å². The van der Waals surface area contributed by atoms with Gasteiger partial charge in [0.05, 0.1) is 12.1 Å². The Labute approximate surface area is 153 Å². The number of benzene rings is 2. The Balaban J connectivity index is 2.05. The van der Waals surface area contributed by atoms with Crippen molar-refractivity contribution in [3.05, 3.63) is 53.6 Å². The summed E-state index contributed by atoms with van der Waals surface area (Å²) in [6.45, 7) is -1.38. The highest BCUT2D eigenvalue weighted by molar-refractivity contribution is 5.89. The van der Waals surface area contributed by atoms with Crippen molar-refractivity contribution in [1.82, 2.24) is 4.90 Å². The average molecular weight is 379 g/mol. The molecule has 0 spiro atoms. The molecule has 0 aliphatic carbocycles. The first-order chi connectivity index (χ1) is 12.7. The summed E-state index contributed by atoms with van der Waals surface area (Å²) in [4.78, 5) is 13.5. The van der Waals surface area contributed by atoms with E-state index in [1.807, 2.05) is 0 Å². The number of nitrogens with one attached hydrogen (secondary N) is 1. The van der Waals surface area contributed by atoms with Crippen molar-refractivity contribution < 1.29 is 27.8 Å². The van der Waals surface area contributed by atoms with Gasteiger partial charge < -0.3 is 20.1 Å². The molecule has 9 heteroatoms. The molecular weight excluding hydrogens is 363 g/mol. The highest BCUT2D eigenvalue weighted by Crippen LogP contribution is 2.25. The SMILES string of the molecule is CN(Cc1ccccc1O)C(=O)Nc1ccc(OCC(F)(F)F)c(C#N)c1. The van der Waals surface area contributed by atoms with Crippen LogP contribution in [0.5, 0.6) is 11.5 Å². The van der Waals surface area contributed by atoms with Gasteiger partial charge in [0.25, 0.3) is 0 Å². The van der Waals surface area contributed by atoms with Crippen molar-refractivity contribution >= 4 is 11.7 Å². The second-order valence-corrected chi connectivity index (χ2v) is 5.64. The first-order valence-corrected chi connectivity index (χ1v) is 7.72. The number of rotatable bonds is 5. The fourth-order valence-corrected chi connectivity index (χ4v) is 2.17. The molecule has 27 heavy (non-hydrogen) atoms. The molecule has 0 saturated heterocycles. The second kappa shape index (κ2) is 8.31. The Hall–Kier alpha value is -3.41. The maximum absolute atomic E-state index is 12.2. The van der Waals surface area contributed by atoms with Crippen LogP contribution in [0.3, 0.4) is 0 Å². The van der Waals surface area contributed by atoms with E-state index in [9.17, 15) is 23.1 Å². The Morgan fingerprint density at radius 2 is 2.00 bits per heavy atom. The van der Waals surface area contributed by atoms with E-state index in [1.165, 1.54) is 36.2 Å². The number of nitrogens with zero attached hydrogens (tertiary/aromatic N) is 2. The number of alkyl halides is 3. The van der Waals surface area contributed by atoms with E-state index < -0.39 is 18.8 Å². The fraction of sp³-hybridized carbons (Fsp3) is 0.222. The van der Waals surface area contributed by atoms with Crippen LogP contribution in [-0.4, -0.2) is 35.9 Å². The molecule has 0 saturated carbocycles. The molecule has 0 unspecified atom stereocenters. The number of phenolic OH excluding ortho intramolecular Hbond substituents is 1. The molecule has 2 aromatic rings. The van der Waals surface area contributed by atoms with Gasteiger partial charge in [-0.3, -0.25) is 0 Å². The molecule has 0 heterocycles.